The van der Waals surface area contributed by atoms with E-state index in [2.05, 4.69) is 15.7 Å². The summed E-state index contributed by atoms with van der Waals surface area (Å²) in [4.78, 5) is 23.6. The van der Waals surface area contributed by atoms with Crippen molar-refractivity contribution in [2.45, 2.75) is 40.4 Å². The fourth-order valence-electron chi connectivity index (χ4n) is 2.68. The van der Waals surface area contributed by atoms with Crippen LogP contribution in [0.2, 0.25) is 5.15 Å². The van der Waals surface area contributed by atoms with Gasteiger partial charge in [-0.05, 0) is 37.1 Å². The Bertz CT molecular complexity index is 981. The van der Waals surface area contributed by atoms with Gasteiger partial charge in [-0.25, -0.2) is 0 Å². The highest BCUT2D eigenvalue weighted by Crippen LogP contribution is 2.34. The van der Waals surface area contributed by atoms with Crippen LogP contribution in [0, 0.1) is 12.8 Å². The predicted molar refractivity (Wildman–Crippen MR) is 110 cm³/mol. The zero-order chi connectivity index (χ0) is 22.6. The quantitative estimate of drug-likeness (QED) is 0.609. The van der Waals surface area contributed by atoms with Crippen molar-refractivity contribution in [1.29, 1.82) is 0 Å². The van der Waals surface area contributed by atoms with Crippen LogP contribution < -0.4 is 10.6 Å². The average molecular weight is 443 g/mol. The highest BCUT2D eigenvalue weighted by atomic mass is 35.5. The monoisotopic (exact) mass is 442 g/mol. The number of anilines is 2. The van der Waals surface area contributed by atoms with Crippen molar-refractivity contribution in [3.05, 3.63) is 46.2 Å². The van der Waals surface area contributed by atoms with E-state index < -0.39 is 23.6 Å². The van der Waals surface area contributed by atoms with Gasteiger partial charge in [0.15, 0.2) is 0 Å². The highest BCUT2D eigenvalue weighted by Gasteiger charge is 2.31. The molecular weight excluding hydrogens is 421 g/mol. The Hall–Kier alpha value is -2.81. The van der Waals surface area contributed by atoms with E-state index >= 15 is 0 Å². The lowest BCUT2D eigenvalue weighted by Gasteiger charge is -2.14. The lowest BCUT2D eigenvalue weighted by Crippen LogP contribution is -2.15. The smallest absolute Gasteiger partial charge is 0.325 e. The summed E-state index contributed by atoms with van der Waals surface area (Å²) in [5, 5.41) is 9.45. The molecule has 0 saturated heterocycles. The maximum absolute atomic E-state index is 13.0. The van der Waals surface area contributed by atoms with Gasteiger partial charge in [0.05, 0.1) is 22.6 Å². The first-order valence-electron chi connectivity index (χ1n) is 9.09. The number of alkyl halides is 3. The van der Waals surface area contributed by atoms with Crippen molar-refractivity contribution in [3.8, 4) is 0 Å². The first-order valence-corrected chi connectivity index (χ1v) is 9.47. The average Bonchev–Trinajstić information content (AvgIpc) is 2.86. The first-order chi connectivity index (χ1) is 13.9. The number of rotatable bonds is 6. The van der Waals surface area contributed by atoms with Gasteiger partial charge in [0.2, 0.25) is 11.8 Å². The molecule has 0 aliphatic rings. The van der Waals surface area contributed by atoms with Crippen LogP contribution in [-0.4, -0.2) is 21.6 Å². The molecule has 2 rings (SSSR count). The molecule has 1 aromatic heterocycles. The van der Waals surface area contributed by atoms with Gasteiger partial charge in [-0.15, -0.1) is 0 Å². The molecular formula is C20H22ClF3N4O2. The summed E-state index contributed by atoms with van der Waals surface area (Å²) in [6.07, 6.45) is -2.00. The van der Waals surface area contributed by atoms with E-state index in [1.807, 2.05) is 13.8 Å². The highest BCUT2D eigenvalue weighted by molar-refractivity contribution is 6.31. The molecule has 1 heterocycles. The third kappa shape index (κ3) is 6.09. The van der Waals surface area contributed by atoms with Gasteiger partial charge in [0.25, 0.3) is 0 Å². The van der Waals surface area contributed by atoms with Gasteiger partial charge in [-0.3, -0.25) is 14.3 Å². The lowest BCUT2D eigenvalue weighted by atomic mass is 10.1. The zero-order valence-corrected chi connectivity index (χ0v) is 17.6. The number of hydrogen-bond acceptors (Lipinski definition) is 3. The van der Waals surface area contributed by atoms with Crippen molar-refractivity contribution in [1.82, 2.24) is 9.78 Å². The topological polar surface area (TPSA) is 76.0 Å². The summed E-state index contributed by atoms with van der Waals surface area (Å²) < 4.78 is 40.7. The summed E-state index contributed by atoms with van der Waals surface area (Å²) in [5.41, 5.74) is 0.0789. The van der Waals surface area contributed by atoms with Gasteiger partial charge in [-0.1, -0.05) is 25.4 Å². The molecule has 0 radical (unpaired) electrons. The largest absolute Gasteiger partial charge is 0.416 e. The molecule has 0 aliphatic carbocycles. The molecule has 2 N–H and O–H groups in total. The first kappa shape index (κ1) is 23.5. The number of carbonyl (C=O) groups is 2. The minimum Gasteiger partial charge on any atom is -0.325 e. The summed E-state index contributed by atoms with van der Waals surface area (Å²) in [6, 6.07) is 2.67. The SMILES string of the molecule is CC(=O)Nc1ccc(C(F)(F)F)cc1NC(=O)/C=C\c1c(C)nn(CC(C)C)c1Cl. The second kappa shape index (κ2) is 9.34. The molecule has 30 heavy (non-hydrogen) atoms. The van der Waals surface area contributed by atoms with Crippen LogP contribution >= 0.6 is 11.6 Å². The Kier molecular flexibility index (Phi) is 7.30. The number of amides is 2. The normalized spacial score (nSPS) is 11.9. The molecule has 6 nitrogen and oxygen atoms in total. The fraction of sp³-hybridized carbons (Fsp3) is 0.350. The van der Waals surface area contributed by atoms with Crippen molar-refractivity contribution in [2.75, 3.05) is 10.6 Å². The van der Waals surface area contributed by atoms with E-state index in [0.29, 0.717) is 28.9 Å². The van der Waals surface area contributed by atoms with Crippen molar-refractivity contribution in [2.24, 2.45) is 5.92 Å². The molecule has 10 heteroatoms. The predicted octanol–water partition coefficient (Wildman–Crippen LogP) is 5.13. The maximum Gasteiger partial charge on any atom is 0.416 e. The fourth-order valence-corrected chi connectivity index (χ4v) is 2.99. The van der Waals surface area contributed by atoms with Crippen LogP contribution in [0.15, 0.2) is 24.3 Å². The van der Waals surface area contributed by atoms with E-state index in [-0.39, 0.29) is 11.4 Å². The second-order valence-electron chi connectivity index (χ2n) is 7.13. The van der Waals surface area contributed by atoms with E-state index in [4.69, 9.17) is 11.6 Å². The van der Waals surface area contributed by atoms with E-state index in [0.717, 1.165) is 24.3 Å². The Balaban J connectivity index is 2.27. The minimum atomic E-state index is -4.60. The third-order valence-corrected chi connectivity index (χ3v) is 4.36. The van der Waals surface area contributed by atoms with Crippen LogP contribution in [0.3, 0.4) is 0 Å². The van der Waals surface area contributed by atoms with Gasteiger partial charge in [0.1, 0.15) is 5.15 Å². The molecule has 0 unspecified atom stereocenters. The number of nitrogens with zero attached hydrogens (tertiary/aromatic N) is 2. The van der Waals surface area contributed by atoms with Crippen molar-refractivity contribution in [3.63, 3.8) is 0 Å². The molecule has 0 atom stereocenters. The molecule has 0 saturated carbocycles. The van der Waals surface area contributed by atoms with Gasteiger partial charge in [0, 0.05) is 25.1 Å². The Labute approximate surface area is 177 Å². The van der Waals surface area contributed by atoms with E-state index in [1.165, 1.54) is 13.0 Å². The summed E-state index contributed by atoms with van der Waals surface area (Å²) >= 11 is 6.32. The number of aryl methyl sites for hydroxylation is 1. The summed E-state index contributed by atoms with van der Waals surface area (Å²) in [7, 11) is 0. The molecule has 0 spiro atoms. The van der Waals surface area contributed by atoms with Crippen LogP contribution in [0.5, 0.6) is 0 Å². The molecule has 0 aliphatic heterocycles. The number of benzene rings is 1. The van der Waals surface area contributed by atoms with Crippen LogP contribution in [0.4, 0.5) is 24.5 Å². The summed E-state index contributed by atoms with van der Waals surface area (Å²) in [5.74, 6) is -0.858. The third-order valence-electron chi connectivity index (χ3n) is 3.96. The lowest BCUT2D eigenvalue weighted by molar-refractivity contribution is -0.137. The molecule has 0 bridgehead atoms. The molecule has 162 valence electrons. The zero-order valence-electron chi connectivity index (χ0n) is 16.9. The van der Waals surface area contributed by atoms with Gasteiger partial charge >= 0.3 is 6.18 Å². The number of carbonyl (C=O) groups excluding carboxylic acids is 2. The van der Waals surface area contributed by atoms with Crippen molar-refractivity contribution >= 4 is 40.9 Å². The Morgan fingerprint density at radius 1 is 1.23 bits per heavy atom. The van der Waals surface area contributed by atoms with Crippen LogP contribution in [0.1, 0.15) is 37.6 Å². The molecule has 1 aromatic carbocycles. The number of halogens is 4. The Morgan fingerprint density at radius 3 is 2.47 bits per heavy atom. The minimum absolute atomic E-state index is 0.0521. The van der Waals surface area contributed by atoms with E-state index in [1.54, 1.807) is 11.6 Å². The molecule has 2 amide bonds. The standard InChI is InChI=1S/C20H22ClF3N4O2/c1-11(2)10-28-19(21)15(12(3)27-28)6-8-18(30)26-17-9-14(20(22,23)24)5-7-16(17)25-13(4)29/h5-9,11H,10H2,1-4H3,(H,25,29)(H,26,30)/b8-6-. The Morgan fingerprint density at radius 2 is 1.90 bits per heavy atom. The number of aromatic nitrogens is 2. The van der Waals surface area contributed by atoms with Crippen LogP contribution in [-0.2, 0) is 22.3 Å². The van der Waals surface area contributed by atoms with E-state index in [9.17, 15) is 22.8 Å². The van der Waals surface area contributed by atoms with Crippen LogP contribution in [0.25, 0.3) is 6.08 Å². The van der Waals surface area contributed by atoms with Crippen molar-refractivity contribution < 1.29 is 22.8 Å². The van der Waals surface area contributed by atoms with Gasteiger partial charge < -0.3 is 10.6 Å². The molecule has 2 aromatic rings. The molecule has 0 fully saturated rings. The number of hydrogen-bond donors (Lipinski definition) is 2. The van der Waals surface area contributed by atoms with Gasteiger partial charge in [-0.2, -0.15) is 18.3 Å². The summed E-state index contributed by atoms with van der Waals surface area (Å²) in [6.45, 7) is 7.57. The maximum atomic E-state index is 13.0. The second-order valence-corrected chi connectivity index (χ2v) is 7.49. The number of nitrogens with one attached hydrogen (secondary N) is 2.